The number of hydrogen-bond donors (Lipinski definition) is 2. The number of nitrogens with zero attached hydrogens (tertiary/aromatic N) is 3. The van der Waals surface area contributed by atoms with E-state index in [4.69, 9.17) is 10.5 Å². The van der Waals surface area contributed by atoms with Gasteiger partial charge in [0.2, 0.25) is 11.8 Å². The molecule has 1 aliphatic heterocycles. The monoisotopic (exact) mass is 435 g/mol. The summed E-state index contributed by atoms with van der Waals surface area (Å²) in [5.74, 6) is -1.05. The lowest BCUT2D eigenvalue weighted by atomic mass is 10.0. The van der Waals surface area contributed by atoms with E-state index in [-0.39, 0.29) is 24.4 Å². The van der Waals surface area contributed by atoms with Gasteiger partial charge in [-0.15, -0.1) is 0 Å². The standard InChI is InChI=1S/C23H22FN5O3/c24-17-5-7-18(8-6-17)28-20(30)14-29-11-12-32-19(13-29)22-21(26-9-10-27-22)15-1-3-16(4-2-15)23(25)31/h1-10,19H,11-14H2,(H2,25,31)(H,28,30)/t19-/m1/s1. The maximum atomic E-state index is 13.0. The molecule has 4 rings (SSSR count). The Morgan fingerprint density at radius 2 is 1.81 bits per heavy atom. The summed E-state index contributed by atoms with van der Waals surface area (Å²) in [4.78, 5) is 34.7. The summed E-state index contributed by atoms with van der Waals surface area (Å²) in [5, 5.41) is 2.77. The SMILES string of the molecule is NC(=O)c1ccc(-c2nccnc2[C@H]2CN(CC(=O)Nc3ccc(F)cc3)CCO2)cc1. The van der Waals surface area contributed by atoms with Crippen LogP contribution < -0.4 is 11.1 Å². The number of ether oxygens (including phenoxy) is 1. The predicted molar refractivity (Wildman–Crippen MR) is 116 cm³/mol. The lowest BCUT2D eigenvalue weighted by Crippen LogP contribution is -2.42. The van der Waals surface area contributed by atoms with Gasteiger partial charge in [-0.05, 0) is 36.4 Å². The molecule has 0 saturated carbocycles. The minimum absolute atomic E-state index is 0.167. The molecule has 2 aromatic carbocycles. The van der Waals surface area contributed by atoms with Crippen LogP contribution in [-0.4, -0.2) is 52.9 Å². The van der Waals surface area contributed by atoms with Crippen molar-refractivity contribution in [3.8, 4) is 11.3 Å². The molecule has 0 bridgehead atoms. The number of morpholine rings is 1. The zero-order chi connectivity index (χ0) is 22.5. The molecule has 9 heteroatoms. The Hall–Kier alpha value is -3.69. The lowest BCUT2D eigenvalue weighted by Gasteiger charge is -2.32. The molecular formula is C23H22FN5O3. The zero-order valence-electron chi connectivity index (χ0n) is 17.2. The van der Waals surface area contributed by atoms with E-state index in [0.29, 0.717) is 42.3 Å². The molecule has 0 spiro atoms. The van der Waals surface area contributed by atoms with Gasteiger partial charge in [0.05, 0.1) is 24.5 Å². The molecule has 1 aliphatic rings. The van der Waals surface area contributed by atoms with Crippen molar-refractivity contribution in [3.05, 3.63) is 78.0 Å². The van der Waals surface area contributed by atoms with Crippen molar-refractivity contribution in [3.63, 3.8) is 0 Å². The topological polar surface area (TPSA) is 110 Å². The predicted octanol–water partition coefficient (Wildman–Crippen LogP) is 2.39. The molecule has 3 aromatic rings. The minimum atomic E-state index is -0.499. The van der Waals surface area contributed by atoms with E-state index >= 15 is 0 Å². The summed E-state index contributed by atoms with van der Waals surface area (Å²) < 4.78 is 19.0. The lowest BCUT2D eigenvalue weighted by molar-refractivity contribution is -0.119. The summed E-state index contributed by atoms with van der Waals surface area (Å²) in [7, 11) is 0. The van der Waals surface area contributed by atoms with Crippen LogP contribution in [0.3, 0.4) is 0 Å². The number of carbonyl (C=O) groups excluding carboxylic acids is 2. The summed E-state index contributed by atoms with van der Waals surface area (Å²) in [6, 6.07) is 12.5. The van der Waals surface area contributed by atoms with Crippen LogP contribution in [0.1, 0.15) is 22.2 Å². The van der Waals surface area contributed by atoms with Crippen LogP contribution in [0.15, 0.2) is 60.9 Å². The van der Waals surface area contributed by atoms with Gasteiger partial charge >= 0.3 is 0 Å². The van der Waals surface area contributed by atoms with Crippen molar-refractivity contribution in [2.24, 2.45) is 5.73 Å². The van der Waals surface area contributed by atoms with Crippen molar-refractivity contribution in [2.75, 3.05) is 31.6 Å². The minimum Gasteiger partial charge on any atom is -0.369 e. The van der Waals surface area contributed by atoms with E-state index < -0.39 is 5.91 Å². The van der Waals surface area contributed by atoms with Crippen LogP contribution >= 0.6 is 0 Å². The van der Waals surface area contributed by atoms with Crippen molar-refractivity contribution < 1.29 is 18.7 Å². The molecular weight excluding hydrogens is 413 g/mol. The van der Waals surface area contributed by atoms with Crippen molar-refractivity contribution >= 4 is 17.5 Å². The van der Waals surface area contributed by atoms with Gasteiger partial charge in [0.15, 0.2) is 0 Å². The molecule has 3 N–H and O–H groups in total. The number of aromatic nitrogens is 2. The summed E-state index contributed by atoms with van der Waals surface area (Å²) in [6.45, 7) is 1.66. The first-order valence-electron chi connectivity index (χ1n) is 10.1. The van der Waals surface area contributed by atoms with Crippen LogP contribution in [0.2, 0.25) is 0 Å². The van der Waals surface area contributed by atoms with Crippen LogP contribution in [0.5, 0.6) is 0 Å². The molecule has 8 nitrogen and oxygen atoms in total. The zero-order valence-corrected chi connectivity index (χ0v) is 17.2. The number of benzene rings is 2. The Labute approximate surface area is 184 Å². The van der Waals surface area contributed by atoms with Crippen molar-refractivity contribution in [2.45, 2.75) is 6.10 Å². The number of carbonyl (C=O) groups is 2. The fraction of sp³-hybridized carbons (Fsp3) is 0.217. The van der Waals surface area contributed by atoms with Gasteiger partial charge in [-0.1, -0.05) is 12.1 Å². The van der Waals surface area contributed by atoms with Gasteiger partial charge in [-0.25, -0.2) is 4.39 Å². The van der Waals surface area contributed by atoms with Gasteiger partial charge < -0.3 is 15.8 Å². The van der Waals surface area contributed by atoms with E-state index in [1.54, 1.807) is 36.7 Å². The molecule has 32 heavy (non-hydrogen) atoms. The maximum Gasteiger partial charge on any atom is 0.248 e. The number of hydrogen-bond acceptors (Lipinski definition) is 6. The number of anilines is 1. The highest BCUT2D eigenvalue weighted by atomic mass is 19.1. The Kier molecular flexibility index (Phi) is 6.48. The average molecular weight is 435 g/mol. The number of rotatable bonds is 6. The average Bonchev–Trinajstić information content (AvgIpc) is 2.81. The third-order valence-corrected chi connectivity index (χ3v) is 5.12. The molecule has 1 atom stereocenters. The largest absolute Gasteiger partial charge is 0.369 e. The second-order valence-electron chi connectivity index (χ2n) is 7.38. The normalized spacial score (nSPS) is 16.5. The van der Waals surface area contributed by atoms with Crippen molar-refractivity contribution in [1.29, 1.82) is 0 Å². The van der Waals surface area contributed by atoms with Gasteiger partial charge in [-0.2, -0.15) is 0 Å². The number of amides is 2. The maximum absolute atomic E-state index is 13.0. The van der Waals surface area contributed by atoms with Crippen LogP contribution in [0.4, 0.5) is 10.1 Å². The second kappa shape index (κ2) is 9.63. The third kappa shape index (κ3) is 5.13. The van der Waals surface area contributed by atoms with Gasteiger partial charge in [0.25, 0.3) is 0 Å². The number of nitrogens with one attached hydrogen (secondary N) is 1. The van der Waals surface area contributed by atoms with Crippen molar-refractivity contribution in [1.82, 2.24) is 14.9 Å². The molecule has 2 heterocycles. The Morgan fingerprint density at radius 3 is 2.53 bits per heavy atom. The number of nitrogens with two attached hydrogens (primary N) is 1. The van der Waals surface area contributed by atoms with Gasteiger partial charge in [0, 0.05) is 42.3 Å². The Bertz CT molecular complexity index is 1110. The fourth-order valence-electron chi connectivity index (χ4n) is 3.55. The molecule has 2 amide bonds. The number of primary amides is 1. The second-order valence-corrected chi connectivity index (χ2v) is 7.38. The third-order valence-electron chi connectivity index (χ3n) is 5.12. The van der Waals surface area contributed by atoms with E-state index in [1.807, 2.05) is 4.90 Å². The summed E-state index contributed by atoms with van der Waals surface area (Å²) >= 11 is 0. The fourth-order valence-corrected chi connectivity index (χ4v) is 3.55. The van der Waals surface area contributed by atoms with Crippen LogP contribution in [0, 0.1) is 5.82 Å². The molecule has 1 aromatic heterocycles. The van der Waals surface area contributed by atoms with Gasteiger partial charge in [0.1, 0.15) is 11.9 Å². The van der Waals surface area contributed by atoms with E-state index in [1.165, 1.54) is 24.3 Å². The smallest absolute Gasteiger partial charge is 0.248 e. The molecule has 0 radical (unpaired) electrons. The van der Waals surface area contributed by atoms with E-state index in [9.17, 15) is 14.0 Å². The highest BCUT2D eigenvalue weighted by Gasteiger charge is 2.27. The Balaban J connectivity index is 1.46. The molecule has 1 saturated heterocycles. The highest BCUT2D eigenvalue weighted by Crippen LogP contribution is 2.29. The number of halogens is 1. The first-order chi connectivity index (χ1) is 15.5. The van der Waals surface area contributed by atoms with Crippen LogP contribution in [0.25, 0.3) is 11.3 Å². The first-order valence-corrected chi connectivity index (χ1v) is 10.1. The molecule has 0 aliphatic carbocycles. The van der Waals surface area contributed by atoms with Gasteiger partial charge in [-0.3, -0.25) is 24.5 Å². The quantitative estimate of drug-likeness (QED) is 0.615. The summed E-state index contributed by atoms with van der Waals surface area (Å²) in [5.41, 5.74) is 8.35. The van der Waals surface area contributed by atoms with Crippen LogP contribution in [-0.2, 0) is 9.53 Å². The van der Waals surface area contributed by atoms with E-state index in [0.717, 1.165) is 5.56 Å². The Morgan fingerprint density at radius 1 is 1.09 bits per heavy atom. The first kappa shape index (κ1) is 21.5. The summed E-state index contributed by atoms with van der Waals surface area (Å²) in [6.07, 6.45) is 2.82. The molecule has 0 unspecified atom stereocenters. The highest BCUT2D eigenvalue weighted by molar-refractivity contribution is 5.93. The molecule has 164 valence electrons. The van der Waals surface area contributed by atoms with E-state index in [2.05, 4.69) is 15.3 Å². The molecule has 1 fully saturated rings.